The standard InChI is InChI=1S/C20H25FN2O4S/c1-4-23(5-2)28(25,26)18-11-6-15(3)19(14-18)20(24)22-12-13-27-17-9-7-16(21)8-10-17/h6-11,14H,4-5,12-13H2,1-3H3,(H,22,24). The van der Waals surface area contributed by atoms with Crippen LogP contribution in [0.15, 0.2) is 47.4 Å². The first kappa shape index (κ1) is 21.8. The van der Waals surface area contributed by atoms with Crippen molar-refractivity contribution in [3.8, 4) is 5.75 Å². The highest BCUT2D eigenvalue weighted by Gasteiger charge is 2.23. The van der Waals surface area contributed by atoms with Crippen molar-refractivity contribution in [3.05, 3.63) is 59.4 Å². The number of sulfonamides is 1. The highest BCUT2D eigenvalue weighted by molar-refractivity contribution is 7.89. The van der Waals surface area contributed by atoms with Crippen molar-refractivity contribution < 1.29 is 22.3 Å². The first-order valence-electron chi connectivity index (χ1n) is 9.07. The molecular formula is C20H25FN2O4S. The van der Waals surface area contributed by atoms with Gasteiger partial charge in [-0.05, 0) is 48.9 Å². The second-order valence-electron chi connectivity index (χ2n) is 6.12. The Morgan fingerprint density at radius 2 is 1.75 bits per heavy atom. The lowest BCUT2D eigenvalue weighted by Gasteiger charge is -2.19. The van der Waals surface area contributed by atoms with E-state index in [0.29, 0.717) is 30.0 Å². The van der Waals surface area contributed by atoms with Gasteiger partial charge in [0.25, 0.3) is 5.91 Å². The monoisotopic (exact) mass is 408 g/mol. The summed E-state index contributed by atoms with van der Waals surface area (Å²) in [4.78, 5) is 12.6. The molecule has 0 radical (unpaired) electrons. The maximum absolute atomic E-state index is 12.9. The first-order chi connectivity index (χ1) is 13.3. The number of amides is 1. The molecule has 2 aromatic carbocycles. The lowest BCUT2D eigenvalue weighted by Crippen LogP contribution is -2.31. The van der Waals surface area contributed by atoms with Crippen molar-refractivity contribution in [1.82, 2.24) is 9.62 Å². The average Bonchev–Trinajstić information content (AvgIpc) is 2.67. The van der Waals surface area contributed by atoms with Crippen molar-refractivity contribution in [3.63, 3.8) is 0 Å². The molecule has 0 aromatic heterocycles. The largest absolute Gasteiger partial charge is 0.492 e. The zero-order valence-electron chi connectivity index (χ0n) is 16.2. The number of carbonyl (C=O) groups excluding carboxylic acids is 1. The van der Waals surface area contributed by atoms with E-state index in [0.717, 1.165) is 0 Å². The summed E-state index contributed by atoms with van der Waals surface area (Å²) in [7, 11) is -3.64. The maximum atomic E-state index is 12.9. The third-order valence-corrected chi connectivity index (χ3v) is 6.31. The van der Waals surface area contributed by atoms with Crippen molar-refractivity contribution >= 4 is 15.9 Å². The summed E-state index contributed by atoms with van der Waals surface area (Å²) in [5.74, 6) is -0.230. The molecule has 0 heterocycles. The average molecular weight is 408 g/mol. The van der Waals surface area contributed by atoms with Crippen molar-refractivity contribution in [2.24, 2.45) is 0 Å². The number of hydrogen-bond donors (Lipinski definition) is 1. The van der Waals surface area contributed by atoms with Gasteiger partial charge in [-0.25, -0.2) is 12.8 Å². The molecule has 1 amide bonds. The molecule has 0 aliphatic rings. The Morgan fingerprint density at radius 3 is 2.36 bits per heavy atom. The van der Waals surface area contributed by atoms with Crippen LogP contribution in [0.1, 0.15) is 29.8 Å². The fourth-order valence-corrected chi connectivity index (χ4v) is 4.16. The Kier molecular flexibility index (Phi) is 7.53. The first-order valence-corrected chi connectivity index (χ1v) is 10.5. The topological polar surface area (TPSA) is 75.7 Å². The second-order valence-corrected chi connectivity index (χ2v) is 8.06. The SMILES string of the molecule is CCN(CC)S(=O)(=O)c1ccc(C)c(C(=O)NCCOc2ccc(F)cc2)c1. The number of carbonyl (C=O) groups is 1. The maximum Gasteiger partial charge on any atom is 0.251 e. The third kappa shape index (κ3) is 5.30. The van der Waals surface area contributed by atoms with Crippen molar-refractivity contribution in [2.75, 3.05) is 26.2 Å². The lowest BCUT2D eigenvalue weighted by molar-refractivity contribution is 0.0946. The number of halogens is 1. The molecule has 0 saturated carbocycles. The molecule has 28 heavy (non-hydrogen) atoms. The van der Waals surface area contributed by atoms with Crippen LogP contribution in [-0.2, 0) is 10.0 Å². The molecule has 8 heteroatoms. The third-order valence-electron chi connectivity index (χ3n) is 4.27. The van der Waals surface area contributed by atoms with Crippen molar-refractivity contribution in [2.45, 2.75) is 25.7 Å². The minimum atomic E-state index is -3.64. The van der Waals surface area contributed by atoms with Crippen LogP contribution in [0.2, 0.25) is 0 Å². The Bertz CT molecular complexity index is 910. The smallest absolute Gasteiger partial charge is 0.251 e. The van der Waals surface area contributed by atoms with Gasteiger partial charge in [-0.1, -0.05) is 19.9 Å². The summed E-state index contributed by atoms with van der Waals surface area (Å²) < 4.78 is 45.0. The van der Waals surface area contributed by atoms with Crippen LogP contribution in [0.3, 0.4) is 0 Å². The Morgan fingerprint density at radius 1 is 1.11 bits per heavy atom. The molecule has 1 N–H and O–H groups in total. The zero-order valence-corrected chi connectivity index (χ0v) is 17.1. The molecule has 0 aliphatic heterocycles. The Balaban J connectivity index is 2.03. The Labute approximate surface area is 165 Å². The van der Waals surface area contributed by atoms with Crippen LogP contribution in [0.5, 0.6) is 5.75 Å². The molecule has 0 fully saturated rings. The van der Waals surface area contributed by atoms with Gasteiger partial charge in [0.1, 0.15) is 18.2 Å². The van der Waals surface area contributed by atoms with Gasteiger partial charge in [0.05, 0.1) is 11.4 Å². The Hall–Kier alpha value is -2.45. The predicted molar refractivity (Wildman–Crippen MR) is 106 cm³/mol. The molecule has 0 unspecified atom stereocenters. The van der Waals surface area contributed by atoms with Crippen LogP contribution in [0.25, 0.3) is 0 Å². The van der Waals surface area contributed by atoms with E-state index in [-0.39, 0.29) is 29.8 Å². The number of nitrogens with zero attached hydrogens (tertiary/aromatic N) is 1. The van der Waals surface area contributed by atoms with Gasteiger partial charge in [-0.15, -0.1) is 0 Å². The summed E-state index contributed by atoms with van der Waals surface area (Å²) in [5.41, 5.74) is 0.977. The van der Waals surface area contributed by atoms with Crippen molar-refractivity contribution in [1.29, 1.82) is 0 Å². The van der Waals surface area contributed by atoms with E-state index >= 15 is 0 Å². The zero-order chi connectivity index (χ0) is 20.7. The highest BCUT2D eigenvalue weighted by atomic mass is 32.2. The number of aryl methyl sites for hydroxylation is 1. The number of benzene rings is 2. The summed E-state index contributed by atoms with van der Waals surface area (Å²) in [6.45, 7) is 6.42. The van der Waals surface area contributed by atoms with Crippen LogP contribution >= 0.6 is 0 Å². The fraction of sp³-hybridized carbons (Fsp3) is 0.350. The molecule has 2 rings (SSSR count). The van der Waals surface area contributed by atoms with E-state index in [9.17, 15) is 17.6 Å². The molecule has 0 atom stereocenters. The van der Waals surface area contributed by atoms with Gasteiger partial charge in [-0.3, -0.25) is 4.79 Å². The molecular weight excluding hydrogens is 383 g/mol. The van der Waals surface area contributed by atoms with E-state index in [2.05, 4.69) is 5.32 Å². The van der Waals surface area contributed by atoms with Crippen LogP contribution in [-0.4, -0.2) is 44.9 Å². The fourth-order valence-electron chi connectivity index (χ4n) is 2.68. The quantitative estimate of drug-likeness (QED) is 0.648. The minimum Gasteiger partial charge on any atom is -0.492 e. The van der Waals surface area contributed by atoms with E-state index in [4.69, 9.17) is 4.74 Å². The second kappa shape index (κ2) is 9.66. The van der Waals surface area contributed by atoms with Crippen LogP contribution in [0, 0.1) is 12.7 Å². The van der Waals surface area contributed by atoms with Gasteiger partial charge in [0, 0.05) is 18.7 Å². The molecule has 6 nitrogen and oxygen atoms in total. The van der Waals surface area contributed by atoms with Gasteiger partial charge in [0.2, 0.25) is 10.0 Å². The van der Waals surface area contributed by atoms with E-state index in [1.807, 2.05) is 0 Å². The summed E-state index contributed by atoms with van der Waals surface area (Å²) >= 11 is 0. The van der Waals surface area contributed by atoms with Gasteiger partial charge in [0.15, 0.2) is 0 Å². The van der Waals surface area contributed by atoms with Gasteiger partial charge < -0.3 is 10.1 Å². The molecule has 2 aromatic rings. The number of nitrogens with one attached hydrogen (secondary N) is 1. The number of ether oxygens (including phenoxy) is 1. The summed E-state index contributed by atoms with van der Waals surface area (Å²) in [6.07, 6.45) is 0. The lowest BCUT2D eigenvalue weighted by atomic mass is 10.1. The molecule has 152 valence electrons. The number of rotatable bonds is 9. The van der Waals surface area contributed by atoms with Gasteiger partial charge in [-0.2, -0.15) is 4.31 Å². The van der Waals surface area contributed by atoms with Crippen LogP contribution < -0.4 is 10.1 Å². The molecule has 0 spiro atoms. The highest BCUT2D eigenvalue weighted by Crippen LogP contribution is 2.19. The molecule has 0 saturated heterocycles. The van der Waals surface area contributed by atoms with E-state index in [1.54, 1.807) is 26.8 Å². The van der Waals surface area contributed by atoms with Gasteiger partial charge >= 0.3 is 0 Å². The minimum absolute atomic E-state index is 0.0921. The summed E-state index contributed by atoms with van der Waals surface area (Å²) in [5, 5.41) is 2.71. The molecule has 0 aliphatic carbocycles. The van der Waals surface area contributed by atoms with E-state index < -0.39 is 10.0 Å². The predicted octanol–water partition coefficient (Wildman–Crippen LogP) is 2.97. The van der Waals surface area contributed by atoms with Crippen LogP contribution in [0.4, 0.5) is 4.39 Å². The van der Waals surface area contributed by atoms with E-state index in [1.165, 1.54) is 40.7 Å². The summed E-state index contributed by atoms with van der Waals surface area (Å²) in [6, 6.07) is 10.1. The molecule has 0 bridgehead atoms. The number of hydrogen-bond acceptors (Lipinski definition) is 4. The normalized spacial score (nSPS) is 11.5.